The molecule has 0 saturated heterocycles. The predicted octanol–water partition coefficient (Wildman–Crippen LogP) is 3.29. The Morgan fingerprint density at radius 3 is 2.48 bits per heavy atom. The first kappa shape index (κ1) is 15.4. The molecule has 0 aliphatic rings. The first-order chi connectivity index (χ1) is 9.87. The summed E-state index contributed by atoms with van der Waals surface area (Å²) in [6.45, 7) is 3.68. The van der Waals surface area contributed by atoms with Crippen molar-refractivity contribution in [2.75, 3.05) is 10.5 Å². The summed E-state index contributed by atoms with van der Waals surface area (Å²) in [6, 6.07) is 7.43. The van der Waals surface area contributed by atoms with Gasteiger partial charge in [-0.3, -0.25) is 9.71 Å². The summed E-state index contributed by atoms with van der Waals surface area (Å²) in [6.07, 6.45) is 3.07. The smallest absolute Gasteiger partial charge is 0.232 e. The van der Waals surface area contributed by atoms with Crippen LogP contribution >= 0.6 is 0 Å². The van der Waals surface area contributed by atoms with Crippen molar-refractivity contribution in [1.82, 2.24) is 4.98 Å². The van der Waals surface area contributed by atoms with E-state index in [9.17, 15) is 12.8 Å². The maximum atomic E-state index is 13.0. The summed E-state index contributed by atoms with van der Waals surface area (Å²) >= 11 is 0. The van der Waals surface area contributed by atoms with Crippen LogP contribution in [-0.4, -0.2) is 19.2 Å². The third-order valence-electron chi connectivity index (χ3n) is 2.79. The van der Waals surface area contributed by atoms with Crippen molar-refractivity contribution in [2.45, 2.75) is 13.8 Å². The van der Waals surface area contributed by atoms with E-state index in [1.807, 2.05) is 13.8 Å². The minimum atomic E-state index is -3.42. The Balaban J connectivity index is 2.36. The molecule has 0 bridgehead atoms. The highest BCUT2D eigenvalue weighted by molar-refractivity contribution is 7.92. The molecule has 112 valence electrons. The Morgan fingerprint density at radius 2 is 1.86 bits per heavy atom. The van der Waals surface area contributed by atoms with Gasteiger partial charge in [-0.15, -0.1) is 0 Å². The largest absolute Gasteiger partial charge is 0.283 e. The zero-order valence-corrected chi connectivity index (χ0v) is 12.7. The number of aromatic nitrogens is 1. The van der Waals surface area contributed by atoms with Crippen molar-refractivity contribution in [3.63, 3.8) is 0 Å². The van der Waals surface area contributed by atoms with E-state index in [0.717, 1.165) is 0 Å². The Morgan fingerprint density at radius 1 is 1.19 bits per heavy atom. The van der Waals surface area contributed by atoms with Gasteiger partial charge in [0, 0.05) is 18.0 Å². The molecule has 4 nitrogen and oxygen atoms in total. The summed E-state index contributed by atoms with van der Waals surface area (Å²) in [5.41, 5.74) is 1.76. The zero-order valence-electron chi connectivity index (χ0n) is 11.9. The zero-order chi connectivity index (χ0) is 15.5. The number of rotatable bonds is 5. The van der Waals surface area contributed by atoms with Crippen LogP contribution in [0.25, 0.3) is 11.1 Å². The number of sulfonamides is 1. The average molecular weight is 308 g/mol. The summed E-state index contributed by atoms with van der Waals surface area (Å²) in [5.74, 6) is -0.277. The highest BCUT2D eigenvalue weighted by Gasteiger charge is 2.15. The molecule has 21 heavy (non-hydrogen) atoms. The number of nitrogens with zero attached hydrogens (tertiary/aromatic N) is 1. The second kappa shape index (κ2) is 6.22. The van der Waals surface area contributed by atoms with Crippen molar-refractivity contribution in [1.29, 1.82) is 0 Å². The first-order valence-electron chi connectivity index (χ1n) is 6.58. The lowest BCUT2D eigenvalue weighted by molar-refractivity contribution is 0.587. The van der Waals surface area contributed by atoms with Gasteiger partial charge in [0.1, 0.15) is 5.82 Å². The molecule has 0 atom stereocenters. The summed E-state index contributed by atoms with van der Waals surface area (Å²) in [7, 11) is -3.42. The number of pyridine rings is 1. The van der Waals surface area contributed by atoms with Crippen LogP contribution in [0.15, 0.2) is 42.7 Å². The molecule has 0 spiro atoms. The van der Waals surface area contributed by atoms with E-state index >= 15 is 0 Å². The maximum Gasteiger partial charge on any atom is 0.232 e. The van der Waals surface area contributed by atoms with E-state index in [2.05, 4.69) is 9.71 Å². The Bertz CT molecular complexity index is 713. The molecule has 1 heterocycles. The number of hydrogen-bond donors (Lipinski definition) is 1. The molecule has 2 rings (SSSR count). The quantitative estimate of drug-likeness (QED) is 0.922. The predicted molar refractivity (Wildman–Crippen MR) is 81.9 cm³/mol. The molecule has 0 saturated carbocycles. The Hall–Kier alpha value is -1.95. The molecule has 1 N–H and O–H groups in total. The fourth-order valence-corrected chi connectivity index (χ4v) is 3.47. The minimum Gasteiger partial charge on any atom is -0.283 e. The van der Waals surface area contributed by atoms with E-state index < -0.39 is 10.0 Å². The van der Waals surface area contributed by atoms with Gasteiger partial charge in [0.05, 0.1) is 11.4 Å². The van der Waals surface area contributed by atoms with E-state index in [0.29, 0.717) is 16.8 Å². The van der Waals surface area contributed by atoms with Crippen molar-refractivity contribution >= 4 is 15.7 Å². The highest BCUT2D eigenvalue weighted by atomic mass is 32.2. The van der Waals surface area contributed by atoms with E-state index in [1.54, 1.807) is 24.4 Å². The molecule has 1 aromatic carbocycles. The molecule has 0 fully saturated rings. The van der Waals surface area contributed by atoms with Crippen molar-refractivity contribution in [3.8, 4) is 11.1 Å². The van der Waals surface area contributed by atoms with Crippen LogP contribution < -0.4 is 4.72 Å². The van der Waals surface area contributed by atoms with Gasteiger partial charge in [0.25, 0.3) is 0 Å². The van der Waals surface area contributed by atoms with Crippen LogP contribution in [0.4, 0.5) is 10.1 Å². The molecule has 1 aromatic heterocycles. The normalized spacial score (nSPS) is 11.6. The van der Waals surface area contributed by atoms with Gasteiger partial charge in [0.2, 0.25) is 10.0 Å². The summed E-state index contributed by atoms with van der Waals surface area (Å²) in [4.78, 5) is 4.01. The van der Waals surface area contributed by atoms with Gasteiger partial charge < -0.3 is 0 Å². The van der Waals surface area contributed by atoms with Crippen LogP contribution in [0, 0.1) is 11.7 Å². The van der Waals surface area contributed by atoms with Gasteiger partial charge in [-0.2, -0.15) is 0 Å². The molecule has 0 amide bonds. The van der Waals surface area contributed by atoms with Crippen molar-refractivity contribution in [2.24, 2.45) is 5.92 Å². The van der Waals surface area contributed by atoms with Gasteiger partial charge in [0.15, 0.2) is 0 Å². The van der Waals surface area contributed by atoms with E-state index in [1.165, 1.54) is 18.3 Å². The Kier molecular flexibility index (Phi) is 4.57. The molecular formula is C15H17FN2O2S. The van der Waals surface area contributed by atoms with Crippen LogP contribution in [0.2, 0.25) is 0 Å². The summed E-state index contributed by atoms with van der Waals surface area (Å²) < 4.78 is 39.7. The van der Waals surface area contributed by atoms with Gasteiger partial charge in [-0.05, 0) is 29.7 Å². The van der Waals surface area contributed by atoms with Crippen LogP contribution in [0.1, 0.15) is 13.8 Å². The Labute approximate surface area is 124 Å². The van der Waals surface area contributed by atoms with Gasteiger partial charge >= 0.3 is 0 Å². The molecular weight excluding hydrogens is 291 g/mol. The third-order valence-corrected chi connectivity index (χ3v) is 4.43. The molecule has 0 unspecified atom stereocenters. The number of anilines is 1. The lowest BCUT2D eigenvalue weighted by Gasteiger charge is -2.13. The second-order valence-electron chi connectivity index (χ2n) is 5.21. The topological polar surface area (TPSA) is 59.1 Å². The minimum absolute atomic E-state index is 0.0265. The van der Waals surface area contributed by atoms with Crippen LogP contribution in [0.5, 0.6) is 0 Å². The van der Waals surface area contributed by atoms with Crippen molar-refractivity contribution in [3.05, 3.63) is 48.5 Å². The average Bonchev–Trinajstić information content (AvgIpc) is 2.38. The van der Waals surface area contributed by atoms with Crippen LogP contribution in [-0.2, 0) is 10.0 Å². The third kappa shape index (κ3) is 4.26. The lowest BCUT2D eigenvalue weighted by atomic mass is 10.1. The fourth-order valence-electron chi connectivity index (χ4n) is 1.99. The van der Waals surface area contributed by atoms with Crippen molar-refractivity contribution < 1.29 is 12.8 Å². The monoisotopic (exact) mass is 308 g/mol. The van der Waals surface area contributed by atoms with Gasteiger partial charge in [-0.25, -0.2) is 12.8 Å². The van der Waals surface area contributed by atoms with E-state index in [-0.39, 0.29) is 17.5 Å². The SMILES string of the molecule is CC(C)CS(=O)(=O)Nc1ccncc1-c1ccc(F)cc1. The number of benzene rings is 1. The second-order valence-corrected chi connectivity index (χ2v) is 6.97. The standard InChI is InChI=1S/C15H17FN2O2S/c1-11(2)10-21(19,20)18-15-7-8-17-9-14(15)12-3-5-13(16)6-4-12/h3-9,11H,10H2,1-2H3,(H,17,18). The number of halogens is 1. The molecule has 6 heteroatoms. The highest BCUT2D eigenvalue weighted by Crippen LogP contribution is 2.28. The molecule has 2 aromatic rings. The van der Waals surface area contributed by atoms with Crippen LogP contribution in [0.3, 0.4) is 0 Å². The van der Waals surface area contributed by atoms with E-state index in [4.69, 9.17) is 0 Å². The first-order valence-corrected chi connectivity index (χ1v) is 8.23. The molecule has 0 aliphatic heterocycles. The summed E-state index contributed by atoms with van der Waals surface area (Å²) in [5, 5.41) is 0. The lowest BCUT2D eigenvalue weighted by Crippen LogP contribution is -2.20. The van der Waals surface area contributed by atoms with Gasteiger partial charge in [-0.1, -0.05) is 26.0 Å². The molecule has 0 radical (unpaired) electrons. The molecule has 0 aliphatic carbocycles. The fraction of sp³-hybridized carbons (Fsp3) is 0.267. The number of hydrogen-bond acceptors (Lipinski definition) is 3. The maximum absolute atomic E-state index is 13.0. The number of nitrogens with one attached hydrogen (secondary N) is 1.